The fourth-order valence-electron chi connectivity index (χ4n) is 6.64. The van der Waals surface area contributed by atoms with Gasteiger partial charge in [-0.1, -0.05) is 0 Å². The zero-order chi connectivity index (χ0) is 26.1. The van der Waals surface area contributed by atoms with Gasteiger partial charge in [0.05, 0.1) is 0 Å². The van der Waals surface area contributed by atoms with E-state index in [4.69, 9.17) is 17.0 Å². The molecule has 4 heteroatoms. The van der Waals surface area contributed by atoms with E-state index in [1.807, 2.05) is 0 Å². The van der Waals surface area contributed by atoms with E-state index in [1.54, 1.807) is 0 Å². The minimum atomic E-state index is -3.90. The quantitative estimate of drug-likeness (QED) is 0.184. The first-order valence-electron chi connectivity index (χ1n) is 13.2. The molecule has 1 atom stereocenters. The molecule has 0 radical (unpaired) electrons. The number of rotatable bonds is 4. The third kappa shape index (κ3) is 4.20. The van der Waals surface area contributed by atoms with Crippen LogP contribution in [-0.2, 0) is 17.9 Å². The predicted molar refractivity (Wildman–Crippen MR) is 163 cm³/mol. The van der Waals surface area contributed by atoms with Gasteiger partial charge in [-0.05, 0) is 0 Å². The Bertz CT molecular complexity index is 1580. The number of halogens is 2. The second kappa shape index (κ2) is 9.49. The van der Waals surface area contributed by atoms with Crippen molar-refractivity contribution in [2.45, 2.75) is 44.2 Å². The van der Waals surface area contributed by atoms with Crippen LogP contribution in [0.1, 0.15) is 58.1 Å². The van der Waals surface area contributed by atoms with Gasteiger partial charge in [-0.15, -0.1) is 0 Å². The summed E-state index contributed by atoms with van der Waals surface area (Å²) in [6, 6.07) is 27.2. The molecular formula is C33H32Cl2SiZr. The molecule has 37 heavy (non-hydrogen) atoms. The van der Waals surface area contributed by atoms with Crippen molar-refractivity contribution in [2.75, 3.05) is 0 Å². The van der Waals surface area contributed by atoms with Crippen molar-refractivity contribution in [2.24, 2.45) is 0 Å². The van der Waals surface area contributed by atoms with Crippen molar-refractivity contribution in [1.82, 2.24) is 0 Å². The molecule has 0 spiro atoms. The van der Waals surface area contributed by atoms with E-state index in [-0.39, 0.29) is 3.63 Å². The molecule has 186 valence electrons. The third-order valence-electron chi connectivity index (χ3n) is 8.15. The molecule has 1 heterocycles. The van der Waals surface area contributed by atoms with Crippen LogP contribution in [0.4, 0.5) is 0 Å². The number of hydrogen-bond donors (Lipinski definition) is 0. The molecule has 0 saturated carbocycles. The number of aryl methyl sites for hydroxylation is 2. The van der Waals surface area contributed by atoms with Crippen molar-refractivity contribution in [3.8, 4) is 22.3 Å². The van der Waals surface area contributed by atoms with Crippen LogP contribution in [0, 0.1) is 13.8 Å². The van der Waals surface area contributed by atoms with E-state index in [0.717, 1.165) is 0 Å². The van der Waals surface area contributed by atoms with Gasteiger partial charge in [0, 0.05) is 0 Å². The number of allylic oxidation sites excluding steroid dienone is 1. The Morgan fingerprint density at radius 2 is 1.51 bits per heavy atom. The van der Waals surface area contributed by atoms with E-state index in [9.17, 15) is 0 Å². The van der Waals surface area contributed by atoms with E-state index in [0.29, 0.717) is 5.92 Å². The van der Waals surface area contributed by atoms with Crippen LogP contribution in [0.2, 0.25) is 0 Å². The Kier molecular flexibility index (Phi) is 6.56. The van der Waals surface area contributed by atoms with Gasteiger partial charge in [0.15, 0.2) is 0 Å². The molecular weight excluding hydrogens is 587 g/mol. The van der Waals surface area contributed by atoms with Crippen molar-refractivity contribution in [3.63, 3.8) is 0 Å². The first-order valence-corrected chi connectivity index (χ1v) is 23.6. The summed E-state index contributed by atoms with van der Waals surface area (Å²) in [5, 5.41) is 3.00. The van der Waals surface area contributed by atoms with E-state index < -0.39 is 27.4 Å². The first-order chi connectivity index (χ1) is 17.7. The van der Waals surface area contributed by atoms with E-state index >= 15 is 0 Å². The molecule has 0 fully saturated rings. The SMILES string of the molecule is CC1=Cc2c(ccc(C(C)C)c2-c2cc(C)cc(C)c2)[CH]1[Zr]([Cl])([Cl])[c]1cccc2c1[SiH2]c1ccccc1-2. The molecule has 1 aliphatic heterocycles. The van der Waals surface area contributed by atoms with Gasteiger partial charge in [-0.3, -0.25) is 0 Å². The molecule has 0 saturated heterocycles. The molecule has 1 unspecified atom stereocenters. The Labute approximate surface area is 235 Å². The van der Waals surface area contributed by atoms with Crippen LogP contribution in [-0.4, -0.2) is 9.52 Å². The maximum atomic E-state index is 7.73. The van der Waals surface area contributed by atoms with Crippen LogP contribution < -0.4 is 13.6 Å². The fraction of sp³-hybridized carbons (Fsp3) is 0.212. The standard InChI is InChI=1S/C21H23.C12H9Si.2ClH.Zr/c1-13(2)19-7-6-17-9-16(5)12-20(17)21(19)18-10-14(3)8-15(4)11-18;1-3-7-11-9(5-1)10-6-2-4-8-12(10)13-11;;;/h6-13H,1-5H3;1-7H,13H2;2*1H;/q;;;;+2/p-2. The van der Waals surface area contributed by atoms with Crippen molar-refractivity contribution < 1.29 is 17.9 Å². The zero-order valence-corrected chi connectivity index (χ0v) is 27.5. The van der Waals surface area contributed by atoms with Crippen LogP contribution in [0.25, 0.3) is 28.3 Å². The molecule has 4 aromatic carbocycles. The minimum absolute atomic E-state index is 0.114. The normalized spacial score (nSPS) is 16.6. The summed E-state index contributed by atoms with van der Waals surface area (Å²) >= 11 is -3.90. The molecule has 1 aliphatic carbocycles. The van der Waals surface area contributed by atoms with Gasteiger partial charge >= 0.3 is 237 Å². The Hall–Kier alpha value is -1.70. The number of benzene rings is 4. The summed E-state index contributed by atoms with van der Waals surface area (Å²) in [7, 11) is 14.9. The Balaban J connectivity index is 1.53. The Morgan fingerprint density at radius 1 is 0.811 bits per heavy atom. The van der Waals surface area contributed by atoms with Crippen molar-refractivity contribution in [3.05, 3.63) is 106 Å². The van der Waals surface area contributed by atoms with Crippen LogP contribution in [0.5, 0.6) is 0 Å². The molecule has 0 nitrogen and oxygen atoms in total. The molecule has 0 aromatic heterocycles. The maximum absolute atomic E-state index is 7.73. The van der Waals surface area contributed by atoms with Gasteiger partial charge in [0.1, 0.15) is 0 Å². The number of fused-ring (bicyclic) bond motifs is 4. The van der Waals surface area contributed by atoms with Gasteiger partial charge in [-0.25, -0.2) is 0 Å². The molecule has 0 amide bonds. The van der Waals surface area contributed by atoms with Crippen LogP contribution >= 0.6 is 17.0 Å². The van der Waals surface area contributed by atoms with Gasteiger partial charge in [0.25, 0.3) is 0 Å². The fourth-order valence-corrected chi connectivity index (χ4v) is 23.8. The molecule has 0 bridgehead atoms. The second-order valence-electron chi connectivity index (χ2n) is 11.2. The molecule has 6 rings (SSSR count). The average Bonchev–Trinajstić information content (AvgIpc) is 3.39. The molecule has 4 aromatic rings. The van der Waals surface area contributed by atoms with Crippen molar-refractivity contribution in [1.29, 1.82) is 0 Å². The summed E-state index contributed by atoms with van der Waals surface area (Å²) in [5.74, 6) is 0.427. The zero-order valence-electron chi connectivity index (χ0n) is 22.1. The van der Waals surface area contributed by atoms with Crippen molar-refractivity contribution >= 4 is 46.3 Å². The number of hydrogen-bond acceptors (Lipinski definition) is 0. The average molecular weight is 619 g/mol. The second-order valence-corrected chi connectivity index (χ2v) is 27.0. The van der Waals surface area contributed by atoms with Gasteiger partial charge < -0.3 is 0 Å². The van der Waals surface area contributed by atoms with Crippen LogP contribution in [0.15, 0.2) is 78.4 Å². The summed E-state index contributed by atoms with van der Waals surface area (Å²) < 4.78 is 1.41. The summed E-state index contributed by atoms with van der Waals surface area (Å²) in [6.07, 6.45) is 2.39. The summed E-state index contributed by atoms with van der Waals surface area (Å²) in [5.41, 5.74) is 13.4. The van der Waals surface area contributed by atoms with Gasteiger partial charge in [-0.2, -0.15) is 0 Å². The van der Waals surface area contributed by atoms with E-state index in [2.05, 4.69) is 113 Å². The summed E-state index contributed by atoms with van der Waals surface area (Å²) in [4.78, 5) is 0. The van der Waals surface area contributed by atoms with Crippen LogP contribution in [0.3, 0.4) is 0 Å². The summed E-state index contributed by atoms with van der Waals surface area (Å²) in [6.45, 7) is 11.2. The van der Waals surface area contributed by atoms with Gasteiger partial charge in [0.2, 0.25) is 0 Å². The molecule has 2 aliphatic rings. The molecule has 0 N–H and O–H groups in total. The predicted octanol–water partition coefficient (Wildman–Crippen LogP) is 7.44. The monoisotopic (exact) mass is 616 g/mol. The first kappa shape index (κ1) is 25.6. The third-order valence-corrected chi connectivity index (χ3v) is 22.7. The van der Waals surface area contributed by atoms with E-state index in [1.165, 1.54) is 69.3 Å². The topological polar surface area (TPSA) is 0 Å². The Morgan fingerprint density at radius 3 is 2.24 bits per heavy atom.